The molecule has 10 heteroatoms. The topological polar surface area (TPSA) is 98.2 Å². The third kappa shape index (κ3) is 6.73. The van der Waals surface area contributed by atoms with Gasteiger partial charge in [-0.25, -0.2) is 0 Å². The molecular formula is C29H42BrN5O4. The number of hydrogen-bond donors (Lipinski definition) is 2. The third-order valence-electron chi connectivity index (χ3n) is 6.89. The van der Waals surface area contributed by atoms with E-state index in [4.69, 9.17) is 14.9 Å². The maximum Gasteiger partial charge on any atom is 0.253 e. The van der Waals surface area contributed by atoms with Gasteiger partial charge in [-0.15, -0.1) is 17.0 Å². The van der Waals surface area contributed by atoms with Gasteiger partial charge in [0.2, 0.25) is 0 Å². The highest BCUT2D eigenvalue weighted by Gasteiger charge is 2.31. The predicted octanol–water partition coefficient (Wildman–Crippen LogP) is 4.10. The lowest BCUT2D eigenvalue weighted by Crippen LogP contribution is -2.31. The summed E-state index contributed by atoms with van der Waals surface area (Å²) in [6, 6.07) is 7.47. The van der Waals surface area contributed by atoms with Gasteiger partial charge in [0, 0.05) is 70.8 Å². The number of likely N-dealkylation sites (N-methyl/N-ethyl adjacent to an activating group) is 1. The molecular weight excluding hydrogens is 562 g/mol. The lowest BCUT2D eigenvalue weighted by molar-refractivity contribution is 0.0955. The molecule has 0 fully saturated rings. The largest absolute Gasteiger partial charge is 0.494 e. The first-order valence-corrected chi connectivity index (χ1v) is 12.7. The van der Waals surface area contributed by atoms with Crippen LogP contribution in [0.4, 0.5) is 11.4 Å². The van der Waals surface area contributed by atoms with Gasteiger partial charge in [0.25, 0.3) is 5.91 Å². The number of benzene rings is 2. The van der Waals surface area contributed by atoms with Gasteiger partial charge >= 0.3 is 0 Å². The van der Waals surface area contributed by atoms with E-state index in [1.807, 2.05) is 49.1 Å². The van der Waals surface area contributed by atoms with Gasteiger partial charge in [-0.05, 0) is 35.2 Å². The lowest BCUT2D eigenvalue weighted by Gasteiger charge is -2.29. The number of carbonyl (C=O) groups is 2. The average molecular weight is 605 g/mol. The van der Waals surface area contributed by atoms with Gasteiger partial charge in [-0.3, -0.25) is 15.0 Å². The molecule has 1 aliphatic rings. The molecule has 214 valence electrons. The number of nitrogens with zero attached hydrogens (tertiary/aromatic N) is 3. The normalized spacial score (nSPS) is 12.5. The highest BCUT2D eigenvalue weighted by Crippen LogP contribution is 2.40. The van der Waals surface area contributed by atoms with E-state index in [2.05, 4.69) is 26.1 Å². The number of fused-ring (bicyclic) bond motifs is 1. The summed E-state index contributed by atoms with van der Waals surface area (Å²) in [7, 11) is 10.6. The number of amides is 1. The minimum Gasteiger partial charge on any atom is -0.494 e. The Bertz CT molecular complexity index is 1240. The summed E-state index contributed by atoms with van der Waals surface area (Å²) in [5.74, 6) is 0.686. The summed E-state index contributed by atoms with van der Waals surface area (Å²) in [6.45, 7) is 7.95. The molecule has 2 N–H and O–H groups in total. The minimum absolute atomic E-state index is 0. The van der Waals surface area contributed by atoms with Crippen LogP contribution in [0.3, 0.4) is 0 Å². The van der Waals surface area contributed by atoms with Crippen molar-refractivity contribution in [2.75, 3.05) is 71.9 Å². The molecule has 39 heavy (non-hydrogen) atoms. The van der Waals surface area contributed by atoms with Gasteiger partial charge < -0.3 is 29.5 Å². The van der Waals surface area contributed by atoms with Crippen molar-refractivity contribution in [2.45, 2.75) is 32.7 Å². The molecule has 9 nitrogen and oxygen atoms in total. The number of anilines is 2. The Hall–Kier alpha value is -3.11. The van der Waals surface area contributed by atoms with E-state index in [1.54, 1.807) is 32.2 Å². The van der Waals surface area contributed by atoms with Crippen molar-refractivity contribution < 1.29 is 19.1 Å². The molecule has 0 spiro atoms. The van der Waals surface area contributed by atoms with Crippen LogP contribution in [0, 0.1) is 5.41 Å². The molecule has 0 aliphatic carbocycles. The van der Waals surface area contributed by atoms with Crippen LogP contribution in [0.5, 0.6) is 5.75 Å². The lowest BCUT2D eigenvalue weighted by atomic mass is 9.84. The number of ether oxygens (including phenoxy) is 2. The molecule has 1 heterocycles. The number of amidine groups is 1. The zero-order valence-electron chi connectivity index (χ0n) is 24.5. The highest BCUT2D eigenvalue weighted by molar-refractivity contribution is 8.93. The molecule has 0 aromatic heterocycles. The number of hydrogen-bond acceptors (Lipinski definition) is 7. The Labute approximate surface area is 242 Å². The van der Waals surface area contributed by atoms with Crippen LogP contribution in [0.1, 0.15) is 58.2 Å². The summed E-state index contributed by atoms with van der Waals surface area (Å²) in [4.78, 5) is 31.9. The Morgan fingerprint density at radius 3 is 2.28 bits per heavy atom. The smallest absolute Gasteiger partial charge is 0.253 e. The second kappa shape index (κ2) is 12.8. The van der Waals surface area contributed by atoms with E-state index < -0.39 is 0 Å². The molecule has 1 amide bonds. The van der Waals surface area contributed by atoms with Crippen molar-refractivity contribution in [2.24, 2.45) is 0 Å². The van der Waals surface area contributed by atoms with Crippen LogP contribution in [-0.4, -0.2) is 84.5 Å². The zero-order chi connectivity index (χ0) is 28.4. The van der Waals surface area contributed by atoms with E-state index in [0.29, 0.717) is 36.4 Å². The molecule has 1 aliphatic heterocycles. The van der Waals surface area contributed by atoms with Crippen molar-refractivity contribution in [1.29, 1.82) is 5.41 Å². The number of methoxy groups -OCH3 is 2. The van der Waals surface area contributed by atoms with E-state index in [-0.39, 0.29) is 46.5 Å². The second-order valence-corrected chi connectivity index (χ2v) is 10.9. The van der Waals surface area contributed by atoms with E-state index in [9.17, 15) is 9.59 Å². The first kappa shape index (κ1) is 32.1. The molecule has 0 unspecified atom stereocenters. The van der Waals surface area contributed by atoms with E-state index >= 15 is 0 Å². The Balaban J connectivity index is 0.00000533. The Morgan fingerprint density at radius 1 is 1.08 bits per heavy atom. The number of rotatable bonds is 10. The zero-order valence-corrected chi connectivity index (χ0v) is 26.2. The number of nitrogens with one attached hydrogen (secondary N) is 2. The van der Waals surface area contributed by atoms with Crippen molar-refractivity contribution >= 4 is 45.9 Å². The van der Waals surface area contributed by atoms with E-state index in [0.717, 1.165) is 28.3 Å². The summed E-state index contributed by atoms with van der Waals surface area (Å²) in [5, 5.41) is 11.5. The highest BCUT2D eigenvalue weighted by atomic mass is 79.9. The van der Waals surface area contributed by atoms with Crippen molar-refractivity contribution in [3.8, 4) is 5.75 Å². The van der Waals surface area contributed by atoms with Gasteiger partial charge in [-0.2, -0.15) is 0 Å². The fourth-order valence-electron chi connectivity index (χ4n) is 4.70. The monoisotopic (exact) mass is 603 g/mol. The molecule has 3 rings (SSSR count). The van der Waals surface area contributed by atoms with Crippen LogP contribution < -0.4 is 19.9 Å². The van der Waals surface area contributed by atoms with Crippen molar-refractivity contribution in [1.82, 2.24) is 10.2 Å². The van der Waals surface area contributed by atoms with Crippen LogP contribution in [0.25, 0.3) is 0 Å². The molecule has 0 saturated heterocycles. The van der Waals surface area contributed by atoms with Gasteiger partial charge in [0.15, 0.2) is 5.78 Å². The number of Topliss-reactive ketones (excluding diaryl/α,β-unsaturated/α-hetero) is 1. The summed E-state index contributed by atoms with van der Waals surface area (Å²) in [6.07, 6.45) is 0. The van der Waals surface area contributed by atoms with E-state index in [1.165, 1.54) is 0 Å². The summed E-state index contributed by atoms with van der Waals surface area (Å²) < 4.78 is 11.1. The Morgan fingerprint density at radius 2 is 1.74 bits per heavy atom. The minimum atomic E-state index is -0.256. The Kier molecular flexibility index (Phi) is 10.6. The molecule has 0 atom stereocenters. The number of carbonyl (C=O) groups excluding carboxylic acids is 2. The standard InChI is InChI=1S/C29H41N5O4.BrH/c1-29(2,3)22-12-18(13-24(26(22)38-9)33(7)10-11-37-8)25(35)17-34-16-19-14-23(32(5)6)21(28(36)31-4)15-20(19)27(34)30;/h12-15,30H,10-11,16-17H2,1-9H3,(H,31,36);1H. The molecule has 0 saturated carbocycles. The maximum absolute atomic E-state index is 13.7. The SMILES string of the molecule is Br.CNC(=O)c1cc2c(cc1N(C)C)CN(CC(=O)c1cc(N(C)CCOC)c(OC)c(C(C)(C)C)c1)C2=N. The summed E-state index contributed by atoms with van der Waals surface area (Å²) in [5.41, 5.74) is 4.95. The molecule has 2 aromatic rings. The second-order valence-electron chi connectivity index (χ2n) is 10.9. The first-order chi connectivity index (χ1) is 17.8. The first-order valence-electron chi connectivity index (χ1n) is 12.7. The fraction of sp³-hybridized carbons (Fsp3) is 0.483. The van der Waals surface area contributed by atoms with Gasteiger partial charge in [-0.1, -0.05) is 20.8 Å². The van der Waals surface area contributed by atoms with Gasteiger partial charge in [0.1, 0.15) is 11.6 Å². The molecule has 0 radical (unpaired) electrons. The molecule has 2 aromatic carbocycles. The van der Waals surface area contributed by atoms with Crippen LogP contribution in [0.2, 0.25) is 0 Å². The quantitative estimate of drug-likeness (QED) is 0.394. The number of halogens is 1. The maximum atomic E-state index is 13.7. The van der Waals surface area contributed by atoms with Crippen LogP contribution in [0.15, 0.2) is 24.3 Å². The van der Waals surface area contributed by atoms with Crippen LogP contribution >= 0.6 is 17.0 Å². The third-order valence-corrected chi connectivity index (χ3v) is 6.89. The summed E-state index contributed by atoms with van der Waals surface area (Å²) >= 11 is 0. The van der Waals surface area contributed by atoms with Crippen LogP contribution in [-0.2, 0) is 16.7 Å². The predicted molar refractivity (Wildman–Crippen MR) is 163 cm³/mol. The molecule has 0 bridgehead atoms. The van der Waals surface area contributed by atoms with Crippen molar-refractivity contribution in [3.63, 3.8) is 0 Å². The average Bonchev–Trinajstić information content (AvgIpc) is 3.18. The fourth-order valence-corrected chi connectivity index (χ4v) is 4.70. The van der Waals surface area contributed by atoms with Crippen molar-refractivity contribution in [3.05, 3.63) is 52.1 Å². The number of ketones is 1. The van der Waals surface area contributed by atoms with Gasteiger partial charge in [0.05, 0.1) is 31.5 Å².